The normalized spacial score (nSPS) is 10.2. The lowest BCUT2D eigenvalue weighted by Gasteiger charge is -2.11. The average Bonchev–Trinajstić information content (AvgIpc) is 2.11. The summed E-state index contributed by atoms with van der Waals surface area (Å²) in [7, 11) is 3.33. The number of rotatable bonds is 3. The van der Waals surface area contributed by atoms with Crippen LogP contribution in [0.1, 0.15) is 16.8 Å². The smallest absolute Gasteiger partial charge is 0.143 e. The van der Waals surface area contributed by atoms with Gasteiger partial charge in [0.1, 0.15) is 5.75 Å². The zero-order valence-corrected chi connectivity index (χ0v) is 8.55. The number of pyridine rings is 1. The highest BCUT2D eigenvalue weighted by molar-refractivity contribution is 5.40. The lowest BCUT2D eigenvalue weighted by atomic mass is 10.1. The summed E-state index contributed by atoms with van der Waals surface area (Å²) in [5, 5.41) is 0. The van der Waals surface area contributed by atoms with Gasteiger partial charge in [0.15, 0.2) is 0 Å². The third kappa shape index (κ3) is 1.98. The summed E-state index contributed by atoms with van der Waals surface area (Å²) in [6.45, 7) is 4.53. The zero-order chi connectivity index (χ0) is 9.84. The Morgan fingerprint density at radius 3 is 2.54 bits per heavy atom. The van der Waals surface area contributed by atoms with E-state index in [0.29, 0.717) is 6.61 Å². The Morgan fingerprint density at radius 2 is 2.00 bits per heavy atom. The number of hydrogen-bond acceptors (Lipinski definition) is 3. The highest BCUT2D eigenvalue weighted by Gasteiger charge is 2.08. The Kier molecular flexibility index (Phi) is 3.25. The van der Waals surface area contributed by atoms with Gasteiger partial charge in [-0.2, -0.15) is 0 Å². The summed E-state index contributed by atoms with van der Waals surface area (Å²) < 4.78 is 10.3. The van der Waals surface area contributed by atoms with E-state index in [1.807, 2.05) is 20.0 Å². The van der Waals surface area contributed by atoms with Crippen LogP contribution in [0.15, 0.2) is 6.20 Å². The van der Waals surface area contributed by atoms with Crippen LogP contribution in [0.2, 0.25) is 0 Å². The van der Waals surface area contributed by atoms with Gasteiger partial charge < -0.3 is 9.47 Å². The minimum atomic E-state index is 0.579. The summed E-state index contributed by atoms with van der Waals surface area (Å²) in [4.78, 5) is 4.22. The zero-order valence-electron chi connectivity index (χ0n) is 8.55. The third-order valence-electron chi connectivity index (χ3n) is 2.07. The van der Waals surface area contributed by atoms with Crippen molar-refractivity contribution < 1.29 is 9.47 Å². The molecule has 0 aliphatic carbocycles. The van der Waals surface area contributed by atoms with Crippen molar-refractivity contribution in [2.24, 2.45) is 0 Å². The van der Waals surface area contributed by atoms with Gasteiger partial charge in [0.2, 0.25) is 0 Å². The van der Waals surface area contributed by atoms with E-state index in [0.717, 1.165) is 22.6 Å². The Balaban J connectivity index is 3.11. The van der Waals surface area contributed by atoms with Crippen molar-refractivity contribution >= 4 is 0 Å². The molecule has 0 aliphatic rings. The molecular formula is C10H15NO2. The van der Waals surface area contributed by atoms with Gasteiger partial charge in [0.05, 0.1) is 19.4 Å². The van der Waals surface area contributed by atoms with Crippen molar-refractivity contribution in [1.82, 2.24) is 4.98 Å². The van der Waals surface area contributed by atoms with Gasteiger partial charge in [-0.15, -0.1) is 0 Å². The molecule has 0 aliphatic heterocycles. The third-order valence-corrected chi connectivity index (χ3v) is 2.07. The van der Waals surface area contributed by atoms with Gasteiger partial charge in [-0.3, -0.25) is 4.98 Å². The van der Waals surface area contributed by atoms with Crippen LogP contribution in [0.3, 0.4) is 0 Å². The molecule has 0 N–H and O–H groups in total. The van der Waals surface area contributed by atoms with Crippen LogP contribution in [0.5, 0.6) is 5.75 Å². The summed E-state index contributed by atoms with van der Waals surface area (Å²) in [6.07, 6.45) is 1.83. The maximum atomic E-state index is 5.24. The molecule has 0 bridgehead atoms. The monoisotopic (exact) mass is 181 g/mol. The number of methoxy groups -OCH3 is 2. The van der Waals surface area contributed by atoms with Crippen LogP contribution in [0, 0.1) is 13.8 Å². The van der Waals surface area contributed by atoms with Gasteiger partial charge >= 0.3 is 0 Å². The van der Waals surface area contributed by atoms with E-state index < -0.39 is 0 Å². The van der Waals surface area contributed by atoms with Crippen LogP contribution >= 0.6 is 0 Å². The molecule has 1 aromatic heterocycles. The average molecular weight is 181 g/mol. The lowest BCUT2D eigenvalue weighted by molar-refractivity contribution is 0.183. The molecule has 0 saturated heterocycles. The molecule has 72 valence electrons. The first kappa shape index (κ1) is 9.99. The first-order valence-electron chi connectivity index (χ1n) is 4.18. The number of aromatic nitrogens is 1. The van der Waals surface area contributed by atoms with Crippen molar-refractivity contribution in [3.63, 3.8) is 0 Å². The van der Waals surface area contributed by atoms with E-state index in [2.05, 4.69) is 4.98 Å². The summed E-state index contributed by atoms with van der Waals surface area (Å²) in [5.41, 5.74) is 3.10. The van der Waals surface area contributed by atoms with Crippen molar-refractivity contribution in [1.29, 1.82) is 0 Å². The molecule has 0 amide bonds. The maximum Gasteiger partial charge on any atom is 0.143 e. The number of nitrogens with zero attached hydrogens (tertiary/aromatic N) is 1. The summed E-state index contributed by atoms with van der Waals surface area (Å²) in [6, 6.07) is 0. The standard InChI is InChI=1S/C10H15NO2/c1-7-9(6-12-3)5-11-8(2)10(7)13-4/h5H,6H2,1-4H3. The van der Waals surface area contributed by atoms with E-state index in [1.165, 1.54) is 0 Å². The lowest BCUT2D eigenvalue weighted by Crippen LogP contribution is -1.99. The van der Waals surface area contributed by atoms with E-state index in [-0.39, 0.29) is 0 Å². The Labute approximate surface area is 78.7 Å². The maximum absolute atomic E-state index is 5.24. The molecule has 3 heteroatoms. The first-order valence-corrected chi connectivity index (χ1v) is 4.18. The van der Waals surface area contributed by atoms with E-state index in [9.17, 15) is 0 Å². The molecule has 1 rings (SSSR count). The second kappa shape index (κ2) is 4.23. The van der Waals surface area contributed by atoms with Gasteiger partial charge in [-0.05, 0) is 19.4 Å². The van der Waals surface area contributed by atoms with Gasteiger partial charge in [-0.1, -0.05) is 0 Å². The molecular weight excluding hydrogens is 166 g/mol. The summed E-state index contributed by atoms with van der Waals surface area (Å²) in [5.74, 6) is 0.856. The first-order chi connectivity index (χ1) is 6.20. The Hall–Kier alpha value is -1.09. The highest BCUT2D eigenvalue weighted by Crippen LogP contribution is 2.23. The van der Waals surface area contributed by atoms with Gasteiger partial charge in [-0.25, -0.2) is 0 Å². The van der Waals surface area contributed by atoms with Crippen molar-refractivity contribution in [2.45, 2.75) is 20.5 Å². The second-order valence-electron chi connectivity index (χ2n) is 2.96. The van der Waals surface area contributed by atoms with Crippen LogP contribution in [0.4, 0.5) is 0 Å². The summed E-state index contributed by atoms with van der Waals surface area (Å²) >= 11 is 0. The largest absolute Gasteiger partial charge is 0.495 e. The number of ether oxygens (including phenoxy) is 2. The fraction of sp³-hybridized carbons (Fsp3) is 0.500. The molecule has 13 heavy (non-hydrogen) atoms. The second-order valence-corrected chi connectivity index (χ2v) is 2.96. The molecule has 0 fully saturated rings. The fourth-order valence-electron chi connectivity index (χ4n) is 1.35. The molecule has 0 radical (unpaired) electrons. The van der Waals surface area contributed by atoms with E-state index >= 15 is 0 Å². The number of aryl methyl sites for hydroxylation is 1. The van der Waals surface area contributed by atoms with E-state index in [1.54, 1.807) is 14.2 Å². The molecule has 0 spiro atoms. The topological polar surface area (TPSA) is 31.4 Å². The molecule has 1 aromatic rings. The van der Waals surface area contributed by atoms with Crippen molar-refractivity contribution in [3.05, 3.63) is 23.0 Å². The molecule has 1 heterocycles. The minimum Gasteiger partial charge on any atom is -0.495 e. The minimum absolute atomic E-state index is 0.579. The molecule has 3 nitrogen and oxygen atoms in total. The van der Waals surface area contributed by atoms with Crippen molar-refractivity contribution in [2.75, 3.05) is 14.2 Å². The van der Waals surface area contributed by atoms with Crippen LogP contribution < -0.4 is 4.74 Å². The fourth-order valence-corrected chi connectivity index (χ4v) is 1.35. The molecule has 0 atom stereocenters. The molecule has 0 saturated carbocycles. The van der Waals surface area contributed by atoms with Crippen LogP contribution in [-0.4, -0.2) is 19.2 Å². The SMILES string of the molecule is COCc1cnc(C)c(OC)c1C. The van der Waals surface area contributed by atoms with Crippen LogP contribution in [0.25, 0.3) is 0 Å². The quantitative estimate of drug-likeness (QED) is 0.713. The molecule has 0 unspecified atom stereocenters. The van der Waals surface area contributed by atoms with Crippen molar-refractivity contribution in [3.8, 4) is 5.75 Å². The number of hydrogen-bond donors (Lipinski definition) is 0. The predicted molar refractivity (Wildman–Crippen MR) is 51.0 cm³/mol. The Bertz CT molecular complexity index is 297. The highest BCUT2D eigenvalue weighted by atomic mass is 16.5. The molecule has 0 aromatic carbocycles. The van der Waals surface area contributed by atoms with E-state index in [4.69, 9.17) is 9.47 Å². The Morgan fingerprint density at radius 1 is 1.31 bits per heavy atom. The van der Waals surface area contributed by atoms with Crippen LogP contribution in [-0.2, 0) is 11.3 Å². The van der Waals surface area contributed by atoms with Gasteiger partial charge in [0, 0.05) is 18.9 Å². The van der Waals surface area contributed by atoms with Gasteiger partial charge in [0.25, 0.3) is 0 Å². The predicted octanol–water partition coefficient (Wildman–Crippen LogP) is 1.85.